The molecule has 40 heavy (non-hydrogen) atoms. The van der Waals surface area contributed by atoms with Crippen molar-refractivity contribution in [3.8, 4) is 0 Å². The van der Waals surface area contributed by atoms with Crippen LogP contribution in [-0.2, 0) is 0 Å². The van der Waals surface area contributed by atoms with Gasteiger partial charge in [-0.05, 0) is 105 Å². The Balaban J connectivity index is 1.44. The van der Waals surface area contributed by atoms with Crippen molar-refractivity contribution >= 4 is 34.4 Å². The highest BCUT2D eigenvalue weighted by atomic mass is 16.2. The lowest BCUT2D eigenvalue weighted by Gasteiger charge is -2.50. The Bertz CT molecular complexity index is 1300. The first-order valence-electron chi connectivity index (χ1n) is 14.3. The number of carbonyl (C=O) groups is 4. The fourth-order valence-electron chi connectivity index (χ4n) is 8.48. The molecule has 0 aliphatic carbocycles. The van der Waals surface area contributed by atoms with Gasteiger partial charge in [0.1, 0.15) is 0 Å². The molecule has 8 nitrogen and oxygen atoms in total. The van der Waals surface area contributed by atoms with Gasteiger partial charge < -0.3 is 10.6 Å². The first-order valence-corrected chi connectivity index (χ1v) is 14.3. The van der Waals surface area contributed by atoms with Crippen LogP contribution in [0.2, 0.25) is 0 Å². The molecule has 0 bridgehead atoms. The summed E-state index contributed by atoms with van der Waals surface area (Å²) in [5.41, 5.74) is 0.498. The van der Waals surface area contributed by atoms with Gasteiger partial charge in [0.2, 0.25) is 0 Å². The first-order chi connectivity index (χ1) is 18.4. The van der Waals surface area contributed by atoms with Gasteiger partial charge >= 0.3 is 0 Å². The fourth-order valence-corrected chi connectivity index (χ4v) is 8.48. The zero-order chi connectivity index (χ0) is 29.2. The summed E-state index contributed by atoms with van der Waals surface area (Å²) in [6.07, 6.45) is 2.55. The number of nitrogens with zero attached hydrogens (tertiary/aromatic N) is 2. The van der Waals surface area contributed by atoms with Crippen molar-refractivity contribution in [3.05, 3.63) is 46.5 Å². The summed E-state index contributed by atoms with van der Waals surface area (Å²) < 4.78 is 0. The minimum atomic E-state index is -0.358. The highest BCUT2D eigenvalue weighted by Gasteiger charge is 2.49. The third-order valence-corrected chi connectivity index (χ3v) is 9.03. The van der Waals surface area contributed by atoms with Crippen LogP contribution in [0.1, 0.15) is 123 Å². The Hall–Kier alpha value is -3.10. The molecule has 2 aromatic carbocycles. The summed E-state index contributed by atoms with van der Waals surface area (Å²) >= 11 is 0. The third-order valence-electron chi connectivity index (χ3n) is 9.03. The summed E-state index contributed by atoms with van der Waals surface area (Å²) in [7, 11) is 0. The Morgan fingerprint density at radius 1 is 0.500 bits per heavy atom. The van der Waals surface area contributed by atoms with Gasteiger partial charge in [-0.3, -0.25) is 29.0 Å². The normalized spacial score (nSPS) is 25.6. The predicted molar refractivity (Wildman–Crippen MR) is 154 cm³/mol. The zero-order valence-corrected chi connectivity index (χ0v) is 24.8. The Kier molecular flexibility index (Phi) is 5.57. The molecule has 212 valence electrons. The molecular weight excluding hydrogens is 504 g/mol. The van der Waals surface area contributed by atoms with Gasteiger partial charge in [0.25, 0.3) is 23.6 Å². The van der Waals surface area contributed by atoms with Gasteiger partial charge in [-0.2, -0.15) is 0 Å². The van der Waals surface area contributed by atoms with Crippen LogP contribution >= 0.6 is 0 Å². The molecule has 0 aromatic heterocycles. The number of piperidine rings is 2. The van der Waals surface area contributed by atoms with Crippen molar-refractivity contribution in [2.24, 2.45) is 0 Å². The summed E-state index contributed by atoms with van der Waals surface area (Å²) in [4.78, 5) is 58.8. The zero-order valence-electron chi connectivity index (χ0n) is 24.8. The molecule has 6 rings (SSSR count). The molecule has 2 N–H and O–H groups in total. The molecule has 0 radical (unpaired) electrons. The highest BCUT2D eigenvalue weighted by Crippen LogP contribution is 2.42. The third kappa shape index (κ3) is 4.10. The highest BCUT2D eigenvalue weighted by molar-refractivity contribution is 6.33. The van der Waals surface area contributed by atoms with E-state index in [0.29, 0.717) is 58.7 Å². The van der Waals surface area contributed by atoms with Gasteiger partial charge in [-0.1, -0.05) is 0 Å². The maximum absolute atomic E-state index is 14.0. The number of hydrogen-bond acceptors (Lipinski definition) is 6. The molecule has 2 aromatic rings. The van der Waals surface area contributed by atoms with E-state index in [0.717, 1.165) is 0 Å². The molecule has 4 heterocycles. The number of hydrogen-bond donors (Lipinski definition) is 2. The van der Waals surface area contributed by atoms with Crippen LogP contribution in [0, 0.1) is 0 Å². The minimum absolute atomic E-state index is 0.253. The molecular formula is C32H40N4O4. The summed E-state index contributed by atoms with van der Waals surface area (Å²) in [6.45, 7) is 16.7. The van der Waals surface area contributed by atoms with Gasteiger partial charge in [-0.25, -0.2) is 0 Å². The molecule has 2 saturated heterocycles. The first kappa shape index (κ1) is 27.1. The van der Waals surface area contributed by atoms with Crippen molar-refractivity contribution in [1.29, 1.82) is 0 Å². The van der Waals surface area contributed by atoms with E-state index in [1.807, 2.05) is 0 Å². The van der Waals surface area contributed by atoms with Crippen molar-refractivity contribution in [1.82, 2.24) is 20.4 Å². The monoisotopic (exact) mass is 544 g/mol. The maximum Gasteiger partial charge on any atom is 0.261 e. The van der Waals surface area contributed by atoms with Gasteiger partial charge in [0.05, 0.1) is 0 Å². The quantitative estimate of drug-likeness (QED) is 0.534. The largest absolute Gasteiger partial charge is 0.307 e. The second-order valence-corrected chi connectivity index (χ2v) is 14.9. The van der Waals surface area contributed by atoms with Gasteiger partial charge in [0.15, 0.2) is 0 Å². The van der Waals surface area contributed by atoms with E-state index in [2.05, 4.69) is 66.0 Å². The fraction of sp³-hybridized carbons (Fsp3) is 0.562. The van der Waals surface area contributed by atoms with E-state index in [1.165, 1.54) is 9.80 Å². The van der Waals surface area contributed by atoms with E-state index in [9.17, 15) is 19.2 Å². The molecule has 4 aliphatic heterocycles. The average Bonchev–Trinajstić information content (AvgIpc) is 2.77. The van der Waals surface area contributed by atoms with Crippen LogP contribution in [-0.4, -0.2) is 67.7 Å². The van der Waals surface area contributed by atoms with Crippen LogP contribution in [0.3, 0.4) is 0 Å². The lowest BCUT2D eigenvalue weighted by Crippen LogP contribution is -2.64. The van der Waals surface area contributed by atoms with E-state index in [-0.39, 0.29) is 57.9 Å². The number of amides is 4. The van der Waals surface area contributed by atoms with Crippen LogP contribution in [0.4, 0.5) is 0 Å². The van der Waals surface area contributed by atoms with Crippen molar-refractivity contribution < 1.29 is 19.2 Å². The Labute approximate surface area is 235 Å². The van der Waals surface area contributed by atoms with Crippen LogP contribution < -0.4 is 10.6 Å². The Morgan fingerprint density at radius 2 is 0.725 bits per heavy atom. The predicted octanol–water partition coefficient (Wildman–Crippen LogP) is 4.65. The summed E-state index contributed by atoms with van der Waals surface area (Å²) in [5, 5.41) is 8.10. The number of rotatable bonds is 2. The molecule has 0 spiro atoms. The van der Waals surface area contributed by atoms with Crippen LogP contribution in [0.25, 0.3) is 10.8 Å². The van der Waals surface area contributed by atoms with Crippen molar-refractivity contribution in [2.75, 3.05) is 0 Å². The second-order valence-electron chi connectivity index (χ2n) is 14.9. The molecule has 8 heteroatoms. The number of nitrogens with one attached hydrogen (secondary N) is 2. The van der Waals surface area contributed by atoms with Crippen molar-refractivity contribution in [3.63, 3.8) is 0 Å². The average molecular weight is 545 g/mol. The Morgan fingerprint density at radius 3 is 0.950 bits per heavy atom. The van der Waals surface area contributed by atoms with Crippen LogP contribution in [0.5, 0.6) is 0 Å². The van der Waals surface area contributed by atoms with Gasteiger partial charge in [0, 0.05) is 67.3 Å². The maximum atomic E-state index is 14.0. The lowest BCUT2D eigenvalue weighted by molar-refractivity contribution is 0.0345. The second kappa shape index (κ2) is 8.23. The number of imide groups is 2. The molecule has 0 saturated carbocycles. The molecule has 4 amide bonds. The number of benzene rings is 2. The molecule has 4 aliphatic rings. The summed E-state index contributed by atoms with van der Waals surface area (Å²) in [6, 6.07) is 6.15. The van der Waals surface area contributed by atoms with Gasteiger partial charge in [-0.15, -0.1) is 0 Å². The van der Waals surface area contributed by atoms with E-state index in [4.69, 9.17) is 0 Å². The van der Waals surface area contributed by atoms with E-state index >= 15 is 0 Å². The minimum Gasteiger partial charge on any atom is -0.307 e. The van der Waals surface area contributed by atoms with Crippen molar-refractivity contribution in [2.45, 2.75) is 115 Å². The van der Waals surface area contributed by atoms with E-state index < -0.39 is 0 Å². The standard InChI is InChI=1S/C32H40N4O4/c1-29(2)13-17(14-30(3,4)33-29)35-25(37)19-9-11-21-24-22(12-10-20(23(19)24)26(35)38)28(40)36(27(21)39)18-15-31(5,6)34-32(7,8)16-18/h9-12,17-18,33-34H,13-16H2,1-8H3. The molecule has 0 unspecified atom stereocenters. The van der Waals surface area contributed by atoms with E-state index in [1.54, 1.807) is 24.3 Å². The number of carbonyl (C=O) groups excluding carboxylic acids is 4. The van der Waals surface area contributed by atoms with Crippen LogP contribution in [0.15, 0.2) is 24.3 Å². The lowest BCUT2D eigenvalue weighted by atomic mass is 9.77. The molecule has 0 atom stereocenters. The smallest absolute Gasteiger partial charge is 0.261 e. The molecule has 2 fully saturated rings. The topological polar surface area (TPSA) is 98.8 Å². The SMILES string of the molecule is CC1(C)CC(N2C(=O)c3ccc4c5c(ccc(c35)C2=O)C(=O)N(C2CC(C)(C)NC(C)(C)C2)C4=O)CC(C)(C)N1. The summed E-state index contributed by atoms with van der Waals surface area (Å²) in [5.74, 6) is -1.43.